The number of amides is 1. The smallest absolute Gasteiger partial charge is 0.223 e. The van der Waals surface area contributed by atoms with E-state index >= 15 is 0 Å². The van der Waals surface area contributed by atoms with Crippen LogP contribution in [0.4, 0.5) is 0 Å². The summed E-state index contributed by atoms with van der Waals surface area (Å²) in [6.07, 6.45) is -0.0803. The van der Waals surface area contributed by atoms with Crippen molar-refractivity contribution in [1.82, 2.24) is 4.90 Å². The maximum absolute atomic E-state index is 11.4. The van der Waals surface area contributed by atoms with Crippen LogP contribution in [0, 0.1) is 5.92 Å². The number of nitrogens with zero attached hydrogens (tertiary/aromatic N) is 4. The van der Waals surface area contributed by atoms with E-state index in [4.69, 9.17) is 10.6 Å². The van der Waals surface area contributed by atoms with Gasteiger partial charge in [-0.1, -0.05) is 5.11 Å². The second kappa shape index (κ2) is 4.83. The minimum atomic E-state index is -0.503. The Kier molecular flexibility index (Phi) is 3.73. The van der Waals surface area contributed by atoms with Gasteiger partial charge in [-0.25, -0.2) is 0 Å². The number of aliphatic hydroxyl groups is 1. The number of carbonyl (C=O) groups excluding carboxylic acids is 1. The van der Waals surface area contributed by atoms with Gasteiger partial charge >= 0.3 is 0 Å². The molecule has 0 spiro atoms. The van der Waals surface area contributed by atoms with Crippen LogP contribution >= 0.6 is 0 Å². The summed E-state index contributed by atoms with van der Waals surface area (Å²) in [5.41, 5.74) is 8.12. The van der Waals surface area contributed by atoms with Gasteiger partial charge in [0.05, 0.1) is 6.10 Å². The van der Waals surface area contributed by atoms with E-state index in [1.54, 1.807) is 11.8 Å². The number of hydrogen-bond acceptors (Lipinski definition) is 3. The van der Waals surface area contributed by atoms with Gasteiger partial charge in [0, 0.05) is 31.0 Å². The predicted octanol–water partition coefficient (Wildman–Crippen LogP) is 0.526. The van der Waals surface area contributed by atoms with Gasteiger partial charge in [0.1, 0.15) is 0 Å². The van der Waals surface area contributed by atoms with Gasteiger partial charge in [0.15, 0.2) is 0 Å². The maximum atomic E-state index is 11.4. The predicted molar refractivity (Wildman–Crippen MR) is 50.4 cm³/mol. The number of hydrogen-bond donors (Lipinski definition) is 1. The highest BCUT2D eigenvalue weighted by Gasteiger charge is 2.29. The maximum Gasteiger partial charge on any atom is 0.223 e. The fraction of sp³-hybridized carbons (Fsp3) is 0.875. The van der Waals surface area contributed by atoms with Crippen LogP contribution in [0.15, 0.2) is 5.11 Å². The Balaban J connectivity index is 2.43. The molecule has 1 unspecified atom stereocenters. The molecule has 1 heterocycles. The number of rotatable bonds is 4. The molecule has 0 bridgehead atoms. The molecule has 1 amide bonds. The quantitative estimate of drug-likeness (QED) is 0.405. The molecule has 78 valence electrons. The largest absolute Gasteiger partial charge is 0.392 e. The zero-order valence-corrected chi connectivity index (χ0v) is 8.13. The van der Waals surface area contributed by atoms with Crippen molar-refractivity contribution in [3.63, 3.8) is 0 Å². The molecule has 1 aliphatic heterocycles. The van der Waals surface area contributed by atoms with Crippen molar-refractivity contribution < 1.29 is 9.90 Å². The van der Waals surface area contributed by atoms with Crippen LogP contribution in [0.3, 0.4) is 0 Å². The van der Waals surface area contributed by atoms with Gasteiger partial charge in [0.25, 0.3) is 0 Å². The Morgan fingerprint density at radius 2 is 2.57 bits per heavy atom. The second-order valence-electron chi connectivity index (χ2n) is 3.63. The van der Waals surface area contributed by atoms with Crippen molar-refractivity contribution >= 4 is 5.91 Å². The molecule has 1 aliphatic rings. The lowest BCUT2D eigenvalue weighted by Crippen LogP contribution is -2.32. The van der Waals surface area contributed by atoms with E-state index < -0.39 is 6.10 Å². The van der Waals surface area contributed by atoms with Crippen molar-refractivity contribution in [2.24, 2.45) is 11.0 Å². The fourth-order valence-corrected chi connectivity index (χ4v) is 1.62. The van der Waals surface area contributed by atoms with Crippen molar-refractivity contribution in [1.29, 1.82) is 0 Å². The Bertz CT molecular complexity index is 260. The van der Waals surface area contributed by atoms with E-state index in [9.17, 15) is 4.79 Å². The second-order valence-corrected chi connectivity index (χ2v) is 3.63. The molecule has 1 N–H and O–H groups in total. The zero-order chi connectivity index (χ0) is 10.6. The molecule has 2 atom stereocenters. The summed E-state index contributed by atoms with van der Waals surface area (Å²) in [5, 5.41) is 12.6. The molecule has 0 aromatic rings. The first-order valence-corrected chi connectivity index (χ1v) is 4.60. The molecule has 0 aromatic carbocycles. The summed E-state index contributed by atoms with van der Waals surface area (Å²) in [7, 11) is 0. The molecular formula is C8H14N4O2. The summed E-state index contributed by atoms with van der Waals surface area (Å²) in [5.74, 6) is 0.140. The molecule has 0 radical (unpaired) electrons. The molecule has 0 aromatic heterocycles. The van der Waals surface area contributed by atoms with E-state index in [2.05, 4.69) is 10.0 Å². The third kappa shape index (κ3) is 2.90. The minimum absolute atomic E-state index is 0.0315. The summed E-state index contributed by atoms with van der Waals surface area (Å²) >= 11 is 0. The first-order chi connectivity index (χ1) is 6.63. The van der Waals surface area contributed by atoms with Gasteiger partial charge in [-0.05, 0) is 18.4 Å². The average molecular weight is 198 g/mol. The highest BCUT2D eigenvalue weighted by molar-refractivity contribution is 5.78. The molecule has 14 heavy (non-hydrogen) atoms. The van der Waals surface area contributed by atoms with Crippen LogP contribution in [0.5, 0.6) is 0 Å². The van der Waals surface area contributed by atoms with Crippen LogP contribution in [-0.4, -0.2) is 41.7 Å². The van der Waals surface area contributed by atoms with Crippen LogP contribution < -0.4 is 0 Å². The van der Waals surface area contributed by atoms with Gasteiger partial charge in [0.2, 0.25) is 5.91 Å². The zero-order valence-electron chi connectivity index (χ0n) is 8.13. The molecule has 0 saturated carbocycles. The Morgan fingerprint density at radius 1 is 1.86 bits per heavy atom. The number of β-amino-alcohol motifs (C(OH)–C–C–N with tert-alkyl or cyclic N) is 1. The Labute approximate surface area is 82.1 Å². The van der Waals surface area contributed by atoms with E-state index in [0.29, 0.717) is 26.1 Å². The molecular weight excluding hydrogens is 184 g/mol. The topological polar surface area (TPSA) is 89.3 Å². The minimum Gasteiger partial charge on any atom is -0.392 e. The molecule has 1 fully saturated rings. The summed E-state index contributed by atoms with van der Waals surface area (Å²) in [6.45, 7) is 2.96. The van der Waals surface area contributed by atoms with Crippen molar-refractivity contribution in [2.75, 3.05) is 19.6 Å². The van der Waals surface area contributed by atoms with Gasteiger partial charge in [-0.15, -0.1) is 0 Å². The first kappa shape index (κ1) is 10.8. The number of carbonyl (C=O) groups is 1. The summed E-state index contributed by atoms with van der Waals surface area (Å²) in [4.78, 5) is 15.6. The lowest BCUT2D eigenvalue weighted by molar-refractivity contribution is -0.128. The fourth-order valence-electron chi connectivity index (χ4n) is 1.62. The lowest BCUT2D eigenvalue weighted by atomic mass is 10.1. The molecule has 0 aliphatic carbocycles. The first-order valence-electron chi connectivity index (χ1n) is 4.60. The van der Waals surface area contributed by atoms with Gasteiger partial charge in [-0.3, -0.25) is 4.79 Å². The molecule has 6 nitrogen and oxygen atoms in total. The van der Waals surface area contributed by atoms with E-state index in [1.165, 1.54) is 0 Å². The van der Waals surface area contributed by atoms with E-state index in [0.717, 1.165) is 0 Å². The standard InChI is InChI=1S/C8H14N4O2/c1-6(13)4-12-5-7(2-8(12)14)3-10-11-9/h6-7,13H,2-5H2,1H3/t6-,7?/m0/s1. The van der Waals surface area contributed by atoms with Crippen LogP contribution in [0.1, 0.15) is 13.3 Å². The van der Waals surface area contributed by atoms with E-state index in [1.807, 2.05) is 0 Å². The number of azide groups is 1. The number of aliphatic hydroxyl groups excluding tert-OH is 1. The van der Waals surface area contributed by atoms with Gasteiger partial charge in [-0.2, -0.15) is 0 Å². The van der Waals surface area contributed by atoms with Crippen LogP contribution in [-0.2, 0) is 4.79 Å². The van der Waals surface area contributed by atoms with Crippen molar-refractivity contribution in [3.05, 3.63) is 10.4 Å². The van der Waals surface area contributed by atoms with Gasteiger partial charge < -0.3 is 10.0 Å². The van der Waals surface area contributed by atoms with E-state index in [-0.39, 0.29) is 11.8 Å². The summed E-state index contributed by atoms with van der Waals surface area (Å²) < 4.78 is 0. The lowest BCUT2D eigenvalue weighted by Gasteiger charge is -2.17. The molecule has 1 rings (SSSR count). The SMILES string of the molecule is C[C@H](O)CN1CC(CN=[N+]=[N-])CC1=O. The van der Waals surface area contributed by atoms with Crippen LogP contribution in [0.2, 0.25) is 0 Å². The Hall–Kier alpha value is -1.26. The monoisotopic (exact) mass is 198 g/mol. The van der Waals surface area contributed by atoms with Crippen LogP contribution in [0.25, 0.3) is 10.4 Å². The normalized spacial score (nSPS) is 23.4. The third-order valence-electron chi connectivity index (χ3n) is 2.18. The van der Waals surface area contributed by atoms with Crippen molar-refractivity contribution in [3.8, 4) is 0 Å². The highest BCUT2D eigenvalue weighted by Crippen LogP contribution is 2.18. The molecule has 6 heteroatoms. The molecule has 1 saturated heterocycles. The summed E-state index contributed by atoms with van der Waals surface area (Å²) in [6, 6.07) is 0. The Morgan fingerprint density at radius 3 is 3.14 bits per heavy atom. The number of likely N-dealkylation sites (tertiary alicyclic amines) is 1. The third-order valence-corrected chi connectivity index (χ3v) is 2.18. The highest BCUT2D eigenvalue weighted by atomic mass is 16.3. The average Bonchev–Trinajstić information content (AvgIpc) is 2.43. The van der Waals surface area contributed by atoms with Crippen molar-refractivity contribution in [2.45, 2.75) is 19.4 Å².